The minimum Gasteiger partial charge on any atom is -0.368 e. The molecule has 1 saturated heterocycles. The third-order valence-corrected chi connectivity index (χ3v) is 4.79. The molecule has 1 fully saturated rings. The van der Waals surface area contributed by atoms with Crippen LogP contribution in [-0.2, 0) is 6.42 Å². The van der Waals surface area contributed by atoms with Gasteiger partial charge in [0.25, 0.3) is 0 Å². The molecule has 4 rings (SSSR count). The fourth-order valence-electron chi connectivity index (χ4n) is 3.30. The van der Waals surface area contributed by atoms with Gasteiger partial charge in [-0.3, -0.25) is 0 Å². The predicted molar refractivity (Wildman–Crippen MR) is 109 cm³/mol. The molecule has 1 aliphatic heterocycles. The Balaban J connectivity index is 1.31. The minimum atomic E-state index is 0.701. The van der Waals surface area contributed by atoms with E-state index in [4.69, 9.17) is 0 Å². The summed E-state index contributed by atoms with van der Waals surface area (Å²) < 4.78 is 0. The van der Waals surface area contributed by atoms with Crippen molar-refractivity contribution < 1.29 is 0 Å². The lowest BCUT2D eigenvalue weighted by molar-refractivity contribution is 0.635. The van der Waals surface area contributed by atoms with Gasteiger partial charge in [0.2, 0.25) is 5.95 Å². The molecule has 0 unspecified atom stereocenters. The number of rotatable bonds is 6. The summed E-state index contributed by atoms with van der Waals surface area (Å²) in [5, 5.41) is 11.7. The molecule has 6 nitrogen and oxygen atoms in total. The molecular formula is C21H24N6. The lowest BCUT2D eigenvalue weighted by Gasteiger charge is -2.35. The molecule has 0 aliphatic carbocycles. The maximum absolute atomic E-state index is 4.65. The van der Waals surface area contributed by atoms with Crippen LogP contribution in [0.1, 0.15) is 5.56 Å². The Bertz CT molecular complexity index is 832. The summed E-state index contributed by atoms with van der Waals surface area (Å²) in [6.07, 6.45) is 2.64. The molecule has 1 N–H and O–H groups in total. The Kier molecular flexibility index (Phi) is 5.43. The van der Waals surface area contributed by atoms with Gasteiger partial charge in [-0.25, -0.2) is 0 Å². The van der Waals surface area contributed by atoms with Gasteiger partial charge in [0, 0.05) is 38.4 Å². The number of nitrogens with one attached hydrogen (secondary N) is 1. The van der Waals surface area contributed by atoms with Crippen LogP contribution >= 0.6 is 0 Å². The van der Waals surface area contributed by atoms with Gasteiger partial charge in [0.1, 0.15) is 0 Å². The SMILES string of the molecule is c1ccc(CCNc2cnnc(N3CCN(c4ccccc4)CC3)n2)cc1. The standard InChI is InChI=1S/C21H24N6/c1-3-7-18(8-4-1)11-12-22-20-17-23-25-21(24-20)27-15-13-26(14-16-27)19-9-5-2-6-10-19/h1-10,17H,11-16H2,(H,22,24,25). The fraction of sp³-hybridized carbons (Fsp3) is 0.286. The lowest BCUT2D eigenvalue weighted by Crippen LogP contribution is -2.47. The van der Waals surface area contributed by atoms with E-state index >= 15 is 0 Å². The Morgan fingerprint density at radius 2 is 1.48 bits per heavy atom. The van der Waals surface area contributed by atoms with Crippen LogP contribution < -0.4 is 15.1 Å². The average molecular weight is 360 g/mol. The number of anilines is 3. The van der Waals surface area contributed by atoms with E-state index in [2.05, 4.69) is 84.9 Å². The number of piperazine rings is 1. The number of para-hydroxylation sites is 1. The van der Waals surface area contributed by atoms with E-state index in [0.29, 0.717) is 5.95 Å². The molecule has 138 valence electrons. The van der Waals surface area contributed by atoms with Gasteiger partial charge in [-0.15, -0.1) is 5.10 Å². The van der Waals surface area contributed by atoms with E-state index in [1.165, 1.54) is 11.3 Å². The molecule has 0 saturated carbocycles. The molecule has 0 atom stereocenters. The number of benzene rings is 2. The molecule has 1 aliphatic rings. The average Bonchev–Trinajstić information content (AvgIpc) is 2.76. The second-order valence-electron chi connectivity index (χ2n) is 6.61. The summed E-state index contributed by atoms with van der Waals surface area (Å²) in [5.41, 5.74) is 2.58. The normalized spacial score (nSPS) is 14.2. The lowest BCUT2D eigenvalue weighted by atomic mass is 10.1. The van der Waals surface area contributed by atoms with Gasteiger partial charge in [-0.1, -0.05) is 48.5 Å². The Labute approximate surface area is 159 Å². The summed E-state index contributed by atoms with van der Waals surface area (Å²) in [4.78, 5) is 9.25. The van der Waals surface area contributed by atoms with E-state index in [1.54, 1.807) is 6.20 Å². The Hall–Kier alpha value is -3.15. The topological polar surface area (TPSA) is 57.2 Å². The van der Waals surface area contributed by atoms with Gasteiger partial charge in [-0.2, -0.15) is 10.1 Å². The first kappa shape index (κ1) is 17.3. The molecule has 0 radical (unpaired) electrons. The highest BCUT2D eigenvalue weighted by atomic mass is 15.4. The van der Waals surface area contributed by atoms with Crippen molar-refractivity contribution in [2.24, 2.45) is 0 Å². The zero-order chi connectivity index (χ0) is 18.3. The third kappa shape index (κ3) is 4.53. The highest BCUT2D eigenvalue weighted by Gasteiger charge is 2.19. The summed E-state index contributed by atoms with van der Waals surface area (Å²) in [6, 6.07) is 21.0. The zero-order valence-electron chi connectivity index (χ0n) is 15.3. The van der Waals surface area contributed by atoms with Crippen molar-refractivity contribution in [1.29, 1.82) is 0 Å². The summed E-state index contributed by atoms with van der Waals surface area (Å²) in [6.45, 7) is 4.52. The molecule has 0 amide bonds. The van der Waals surface area contributed by atoms with E-state index < -0.39 is 0 Å². The summed E-state index contributed by atoms with van der Waals surface area (Å²) in [5.74, 6) is 1.48. The quantitative estimate of drug-likeness (QED) is 0.729. The van der Waals surface area contributed by atoms with E-state index in [0.717, 1.165) is 45.0 Å². The van der Waals surface area contributed by atoms with Gasteiger partial charge in [0.05, 0.1) is 6.20 Å². The third-order valence-electron chi connectivity index (χ3n) is 4.79. The number of hydrogen-bond donors (Lipinski definition) is 1. The van der Waals surface area contributed by atoms with Crippen molar-refractivity contribution in [1.82, 2.24) is 15.2 Å². The maximum Gasteiger partial charge on any atom is 0.247 e. The second kappa shape index (κ2) is 8.49. The molecule has 1 aromatic heterocycles. The molecule has 6 heteroatoms. The molecular weight excluding hydrogens is 336 g/mol. The fourth-order valence-corrected chi connectivity index (χ4v) is 3.30. The van der Waals surface area contributed by atoms with E-state index in [-0.39, 0.29) is 0 Å². The van der Waals surface area contributed by atoms with Crippen LogP contribution in [0.4, 0.5) is 17.5 Å². The van der Waals surface area contributed by atoms with Gasteiger partial charge >= 0.3 is 0 Å². The van der Waals surface area contributed by atoms with Crippen LogP contribution in [0.2, 0.25) is 0 Å². The van der Waals surface area contributed by atoms with Crippen LogP contribution in [-0.4, -0.2) is 47.9 Å². The van der Waals surface area contributed by atoms with Crippen LogP contribution in [0, 0.1) is 0 Å². The van der Waals surface area contributed by atoms with Crippen LogP contribution in [0.25, 0.3) is 0 Å². The first-order valence-corrected chi connectivity index (χ1v) is 9.41. The maximum atomic E-state index is 4.65. The smallest absolute Gasteiger partial charge is 0.247 e. The highest BCUT2D eigenvalue weighted by molar-refractivity contribution is 5.48. The molecule has 2 heterocycles. The number of aromatic nitrogens is 3. The first-order valence-electron chi connectivity index (χ1n) is 9.41. The predicted octanol–water partition coefficient (Wildman–Crippen LogP) is 2.85. The van der Waals surface area contributed by atoms with Crippen LogP contribution in [0.3, 0.4) is 0 Å². The second-order valence-corrected chi connectivity index (χ2v) is 6.61. The minimum absolute atomic E-state index is 0.701. The monoisotopic (exact) mass is 360 g/mol. The summed E-state index contributed by atoms with van der Waals surface area (Å²) in [7, 11) is 0. The van der Waals surface area contributed by atoms with Crippen molar-refractivity contribution in [2.75, 3.05) is 47.8 Å². The molecule has 3 aromatic rings. The van der Waals surface area contributed by atoms with Gasteiger partial charge < -0.3 is 15.1 Å². The Morgan fingerprint density at radius 3 is 2.22 bits per heavy atom. The molecule has 0 spiro atoms. The van der Waals surface area contributed by atoms with E-state index in [1.807, 2.05) is 6.07 Å². The number of hydrogen-bond acceptors (Lipinski definition) is 6. The summed E-state index contributed by atoms with van der Waals surface area (Å²) >= 11 is 0. The van der Waals surface area contributed by atoms with Gasteiger partial charge in [-0.05, 0) is 24.1 Å². The zero-order valence-corrected chi connectivity index (χ0v) is 15.3. The molecule has 2 aromatic carbocycles. The first-order chi connectivity index (χ1) is 13.4. The van der Waals surface area contributed by atoms with Crippen molar-refractivity contribution in [2.45, 2.75) is 6.42 Å². The van der Waals surface area contributed by atoms with Gasteiger partial charge in [0.15, 0.2) is 5.82 Å². The molecule has 0 bridgehead atoms. The van der Waals surface area contributed by atoms with Crippen molar-refractivity contribution >= 4 is 17.5 Å². The molecule has 27 heavy (non-hydrogen) atoms. The van der Waals surface area contributed by atoms with Crippen molar-refractivity contribution in [3.8, 4) is 0 Å². The Morgan fingerprint density at radius 1 is 0.815 bits per heavy atom. The van der Waals surface area contributed by atoms with Crippen LogP contribution in [0.15, 0.2) is 66.9 Å². The highest BCUT2D eigenvalue weighted by Crippen LogP contribution is 2.18. The van der Waals surface area contributed by atoms with E-state index in [9.17, 15) is 0 Å². The number of nitrogens with zero attached hydrogens (tertiary/aromatic N) is 5. The van der Waals surface area contributed by atoms with Crippen molar-refractivity contribution in [3.63, 3.8) is 0 Å². The van der Waals surface area contributed by atoms with Crippen LogP contribution in [0.5, 0.6) is 0 Å². The van der Waals surface area contributed by atoms with Crippen molar-refractivity contribution in [3.05, 3.63) is 72.4 Å². The largest absolute Gasteiger partial charge is 0.368 e.